The van der Waals surface area contributed by atoms with Crippen molar-refractivity contribution in [1.82, 2.24) is 10.2 Å². The van der Waals surface area contributed by atoms with E-state index in [1.54, 1.807) is 0 Å². The standard InChI is InChI=1S/C18H30N2O/c1-4-11-21-18-7-5-16(6-8-18)12-19-13-17-9-10-20(14-17)15(2)3/h5-8,15,17,19H,4,9-14H2,1-3H3. The van der Waals surface area contributed by atoms with Crippen LogP contribution in [0.2, 0.25) is 0 Å². The molecule has 3 heteroatoms. The number of benzene rings is 1. The Morgan fingerprint density at radius 1 is 1.29 bits per heavy atom. The molecule has 118 valence electrons. The maximum Gasteiger partial charge on any atom is 0.119 e. The second-order valence-electron chi connectivity index (χ2n) is 6.37. The van der Waals surface area contributed by atoms with Gasteiger partial charge in [0, 0.05) is 19.1 Å². The molecule has 0 spiro atoms. The molecule has 0 aromatic heterocycles. The van der Waals surface area contributed by atoms with Crippen LogP contribution < -0.4 is 10.1 Å². The van der Waals surface area contributed by atoms with E-state index in [2.05, 4.69) is 55.3 Å². The van der Waals surface area contributed by atoms with Gasteiger partial charge in [-0.05, 0) is 63.4 Å². The molecule has 0 radical (unpaired) electrons. The maximum absolute atomic E-state index is 5.60. The van der Waals surface area contributed by atoms with E-state index in [9.17, 15) is 0 Å². The average molecular weight is 290 g/mol. The first-order chi connectivity index (χ1) is 10.2. The second kappa shape index (κ2) is 8.40. The zero-order valence-electron chi connectivity index (χ0n) is 13.8. The summed E-state index contributed by atoms with van der Waals surface area (Å²) < 4.78 is 5.60. The topological polar surface area (TPSA) is 24.5 Å². The van der Waals surface area contributed by atoms with Gasteiger partial charge in [-0.3, -0.25) is 0 Å². The highest BCUT2D eigenvalue weighted by Gasteiger charge is 2.23. The van der Waals surface area contributed by atoms with Gasteiger partial charge >= 0.3 is 0 Å². The molecule has 1 saturated heterocycles. The first-order valence-electron chi connectivity index (χ1n) is 8.35. The molecule has 1 fully saturated rings. The lowest BCUT2D eigenvalue weighted by atomic mass is 10.1. The minimum Gasteiger partial charge on any atom is -0.494 e. The van der Waals surface area contributed by atoms with E-state index >= 15 is 0 Å². The van der Waals surface area contributed by atoms with Gasteiger partial charge in [0.2, 0.25) is 0 Å². The zero-order chi connectivity index (χ0) is 15.1. The Labute approximate surface area is 129 Å². The summed E-state index contributed by atoms with van der Waals surface area (Å²) in [5.41, 5.74) is 1.33. The van der Waals surface area contributed by atoms with Gasteiger partial charge in [0.15, 0.2) is 0 Å². The predicted octanol–water partition coefficient (Wildman–Crippen LogP) is 3.30. The molecule has 1 unspecified atom stereocenters. The summed E-state index contributed by atoms with van der Waals surface area (Å²) in [6.07, 6.45) is 2.38. The van der Waals surface area contributed by atoms with E-state index in [0.29, 0.717) is 6.04 Å². The molecule has 0 bridgehead atoms. The lowest BCUT2D eigenvalue weighted by molar-refractivity contribution is 0.264. The summed E-state index contributed by atoms with van der Waals surface area (Å²) in [5.74, 6) is 1.78. The zero-order valence-corrected chi connectivity index (χ0v) is 13.8. The predicted molar refractivity (Wildman–Crippen MR) is 88.8 cm³/mol. The van der Waals surface area contributed by atoms with E-state index in [-0.39, 0.29) is 0 Å². The molecule has 3 nitrogen and oxygen atoms in total. The maximum atomic E-state index is 5.60. The normalized spacial score (nSPS) is 19.3. The molecule has 1 atom stereocenters. The molecule has 1 aliphatic heterocycles. The highest BCUT2D eigenvalue weighted by atomic mass is 16.5. The summed E-state index contributed by atoms with van der Waals surface area (Å²) in [4.78, 5) is 2.58. The van der Waals surface area contributed by atoms with Gasteiger partial charge in [-0.25, -0.2) is 0 Å². The van der Waals surface area contributed by atoms with Crippen LogP contribution in [0, 0.1) is 5.92 Å². The lowest BCUT2D eigenvalue weighted by Crippen LogP contribution is -2.30. The largest absolute Gasteiger partial charge is 0.494 e. The fraction of sp³-hybridized carbons (Fsp3) is 0.667. The molecule has 21 heavy (non-hydrogen) atoms. The van der Waals surface area contributed by atoms with Gasteiger partial charge in [0.25, 0.3) is 0 Å². The van der Waals surface area contributed by atoms with Crippen molar-refractivity contribution in [1.29, 1.82) is 0 Å². The Bertz CT molecular complexity index is 402. The number of rotatable bonds is 8. The first-order valence-corrected chi connectivity index (χ1v) is 8.35. The summed E-state index contributed by atoms with van der Waals surface area (Å²) >= 11 is 0. The Morgan fingerprint density at radius 2 is 2.05 bits per heavy atom. The van der Waals surface area contributed by atoms with Gasteiger partial charge < -0.3 is 15.0 Å². The molecular weight excluding hydrogens is 260 g/mol. The molecule has 0 aliphatic carbocycles. The number of hydrogen-bond donors (Lipinski definition) is 1. The molecular formula is C18H30N2O. The van der Waals surface area contributed by atoms with Crippen molar-refractivity contribution in [3.8, 4) is 5.75 Å². The van der Waals surface area contributed by atoms with Crippen molar-refractivity contribution in [2.45, 2.75) is 46.2 Å². The van der Waals surface area contributed by atoms with Crippen molar-refractivity contribution in [3.63, 3.8) is 0 Å². The van der Waals surface area contributed by atoms with Gasteiger partial charge in [-0.1, -0.05) is 19.1 Å². The summed E-state index contributed by atoms with van der Waals surface area (Å²) in [5, 5.41) is 3.60. The molecule has 0 amide bonds. The highest BCUT2D eigenvalue weighted by molar-refractivity contribution is 5.27. The van der Waals surface area contributed by atoms with E-state index < -0.39 is 0 Å². The third kappa shape index (κ3) is 5.33. The third-order valence-electron chi connectivity index (χ3n) is 4.21. The summed E-state index contributed by atoms with van der Waals surface area (Å²) in [7, 11) is 0. The Hall–Kier alpha value is -1.06. The van der Waals surface area contributed by atoms with Crippen molar-refractivity contribution in [3.05, 3.63) is 29.8 Å². The average Bonchev–Trinajstić information content (AvgIpc) is 2.95. The number of nitrogens with one attached hydrogen (secondary N) is 1. The van der Waals surface area contributed by atoms with Crippen molar-refractivity contribution >= 4 is 0 Å². The Balaban J connectivity index is 1.67. The number of nitrogens with zero attached hydrogens (tertiary/aromatic N) is 1. The van der Waals surface area contributed by atoms with E-state index in [4.69, 9.17) is 4.74 Å². The first kappa shape index (κ1) is 16.3. The summed E-state index contributed by atoms with van der Waals surface area (Å²) in [6, 6.07) is 9.15. The summed E-state index contributed by atoms with van der Waals surface area (Å²) in [6.45, 7) is 12.1. The SMILES string of the molecule is CCCOc1ccc(CNCC2CCN(C(C)C)C2)cc1. The van der Waals surface area contributed by atoms with Crippen molar-refractivity contribution < 1.29 is 4.74 Å². The van der Waals surface area contributed by atoms with E-state index in [0.717, 1.165) is 37.8 Å². The van der Waals surface area contributed by atoms with Gasteiger partial charge in [0.1, 0.15) is 5.75 Å². The van der Waals surface area contributed by atoms with Crippen LogP contribution in [0.5, 0.6) is 5.75 Å². The van der Waals surface area contributed by atoms with E-state index in [1.807, 2.05) is 0 Å². The molecule has 1 aliphatic rings. The lowest BCUT2D eigenvalue weighted by Gasteiger charge is -2.20. The van der Waals surface area contributed by atoms with Crippen LogP contribution in [-0.4, -0.2) is 37.2 Å². The van der Waals surface area contributed by atoms with Crippen LogP contribution in [0.3, 0.4) is 0 Å². The molecule has 1 N–H and O–H groups in total. The minimum atomic E-state index is 0.686. The quantitative estimate of drug-likeness (QED) is 0.795. The number of hydrogen-bond acceptors (Lipinski definition) is 3. The molecule has 2 rings (SSSR count). The molecule has 1 aromatic rings. The van der Waals surface area contributed by atoms with Crippen molar-refractivity contribution in [2.24, 2.45) is 5.92 Å². The highest BCUT2D eigenvalue weighted by Crippen LogP contribution is 2.18. The van der Waals surface area contributed by atoms with Gasteiger partial charge in [0.05, 0.1) is 6.61 Å². The fourth-order valence-corrected chi connectivity index (χ4v) is 2.84. The van der Waals surface area contributed by atoms with Crippen LogP contribution in [0.1, 0.15) is 39.2 Å². The monoisotopic (exact) mass is 290 g/mol. The number of ether oxygens (including phenoxy) is 1. The second-order valence-corrected chi connectivity index (χ2v) is 6.37. The molecule has 0 saturated carbocycles. The van der Waals surface area contributed by atoms with Crippen LogP contribution in [-0.2, 0) is 6.54 Å². The van der Waals surface area contributed by atoms with Gasteiger partial charge in [-0.15, -0.1) is 0 Å². The van der Waals surface area contributed by atoms with Crippen LogP contribution in [0.4, 0.5) is 0 Å². The van der Waals surface area contributed by atoms with Crippen molar-refractivity contribution in [2.75, 3.05) is 26.2 Å². The van der Waals surface area contributed by atoms with Crippen LogP contribution in [0.15, 0.2) is 24.3 Å². The van der Waals surface area contributed by atoms with Crippen LogP contribution >= 0.6 is 0 Å². The molecule has 1 aromatic carbocycles. The Kier molecular flexibility index (Phi) is 6.52. The number of likely N-dealkylation sites (tertiary alicyclic amines) is 1. The molecule has 1 heterocycles. The fourth-order valence-electron chi connectivity index (χ4n) is 2.84. The Morgan fingerprint density at radius 3 is 2.67 bits per heavy atom. The minimum absolute atomic E-state index is 0.686. The third-order valence-corrected chi connectivity index (χ3v) is 4.21. The van der Waals surface area contributed by atoms with Gasteiger partial charge in [-0.2, -0.15) is 0 Å². The van der Waals surface area contributed by atoms with E-state index in [1.165, 1.54) is 25.1 Å². The van der Waals surface area contributed by atoms with Crippen LogP contribution in [0.25, 0.3) is 0 Å². The smallest absolute Gasteiger partial charge is 0.119 e.